The van der Waals surface area contributed by atoms with Crippen LogP contribution in [0, 0.1) is 0 Å². The Balaban J connectivity index is 1.36. The third-order valence-corrected chi connectivity index (χ3v) is 8.92. The highest BCUT2D eigenvalue weighted by Gasteiger charge is 2.30. The fourth-order valence-electron chi connectivity index (χ4n) is 4.33. The SMILES string of the molecule is O=C(c1cccc(N2CCCS2(=O)=O)c1)N1CCCC(c2nc3ccccc3s2)C1. The molecule has 2 aliphatic heterocycles. The zero-order valence-electron chi connectivity index (χ0n) is 16.5. The lowest BCUT2D eigenvalue weighted by molar-refractivity contribution is 0.0707. The Morgan fingerprint density at radius 3 is 2.73 bits per heavy atom. The number of nitrogens with zero attached hydrogens (tertiary/aromatic N) is 3. The molecule has 1 amide bonds. The lowest BCUT2D eigenvalue weighted by atomic mass is 9.98. The van der Waals surface area contributed by atoms with Gasteiger partial charge in [-0.1, -0.05) is 18.2 Å². The third-order valence-electron chi connectivity index (χ3n) is 5.85. The highest BCUT2D eigenvalue weighted by atomic mass is 32.2. The molecule has 3 aromatic rings. The van der Waals surface area contributed by atoms with E-state index in [1.54, 1.807) is 35.6 Å². The smallest absolute Gasteiger partial charge is 0.253 e. The number of carbonyl (C=O) groups excluding carboxylic acids is 1. The van der Waals surface area contributed by atoms with Crippen molar-refractivity contribution in [2.45, 2.75) is 25.2 Å². The van der Waals surface area contributed by atoms with Crippen LogP contribution in [0.5, 0.6) is 0 Å². The maximum atomic E-state index is 13.2. The number of hydrogen-bond donors (Lipinski definition) is 0. The van der Waals surface area contributed by atoms with Gasteiger partial charge in [0.1, 0.15) is 0 Å². The van der Waals surface area contributed by atoms with Crippen LogP contribution in [0.3, 0.4) is 0 Å². The number of aromatic nitrogens is 1. The van der Waals surface area contributed by atoms with Gasteiger partial charge in [0.05, 0.1) is 26.7 Å². The summed E-state index contributed by atoms with van der Waals surface area (Å²) in [7, 11) is -3.26. The van der Waals surface area contributed by atoms with Crippen molar-refractivity contribution < 1.29 is 13.2 Å². The number of benzene rings is 2. The number of likely N-dealkylation sites (tertiary alicyclic amines) is 1. The highest BCUT2D eigenvalue weighted by molar-refractivity contribution is 7.93. The van der Waals surface area contributed by atoms with Gasteiger partial charge >= 0.3 is 0 Å². The van der Waals surface area contributed by atoms with Crippen LogP contribution in [0.1, 0.15) is 40.5 Å². The average Bonchev–Trinajstić information content (AvgIpc) is 3.36. The van der Waals surface area contributed by atoms with Crippen molar-refractivity contribution in [2.75, 3.05) is 29.7 Å². The fourth-order valence-corrected chi connectivity index (χ4v) is 6.98. The molecule has 0 radical (unpaired) electrons. The molecule has 156 valence electrons. The second-order valence-corrected chi connectivity index (χ2v) is 11.0. The first-order valence-electron chi connectivity index (χ1n) is 10.3. The Hall–Kier alpha value is -2.45. The van der Waals surface area contributed by atoms with Crippen molar-refractivity contribution in [1.29, 1.82) is 0 Å². The van der Waals surface area contributed by atoms with Gasteiger partial charge in [-0.05, 0) is 49.6 Å². The van der Waals surface area contributed by atoms with Gasteiger partial charge in [0.15, 0.2) is 0 Å². The lowest BCUT2D eigenvalue weighted by Crippen LogP contribution is -2.39. The molecule has 1 aromatic heterocycles. The zero-order valence-corrected chi connectivity index (χ0v) is 18.2. The van der Waals surface area contributed by atoms with E-state index in [1.807, 2.05) is 23.1 Å². The topological polar surface area (TPSA) is 70.6 Å². The largest absolute Gasteiger partial charge is 0.338 e. The maximum absolute atomic E-state index is 13.2. The standard InChI is InChI=1S/C22H23N3O3S2/c26-22(16-6-3-8-18(14-16)25-12-5-13-30(25,27)28)24-11-4-7-17(15-24)21-23-19-9-1-2-10-20(19)29-21/h1-3,6,8-10,14,17H,4-5,7,11-13,15H2. The van der Waals surface area contributed by atoms with E-state index >= 15 is 0 Å². The number of sulfonamides is 1. The van der Waals surface area contributed by atoms with Gasteiger partial charge < -0.3 is 4.90 Å². The van der Waals surface area contributed by atoms with Crippen LogP contribution >= 0.6 is 11.3 Å². The van der Waals surface area contributed by atoms with Crippen LogP contribution < -0.4 is 4.31 Å². The molecule has 0 aliphatic carbocycles. The van der Waals surface area contributed by atoms with Gasteiger partial charge in [-0.3, -0.25) is 9.10 Å². The van der Waals surface area contributed by atoms with Crippen LogP contribution in [-0.2, 0) is 10.0 Å². The van der Waals surface area contributed by atoms with E-state index in [4.69, 9.17) is 4.98 Å². The number of para-hydroxylation sites is 1. The number of thiazole rings is 1. The van der Waals surface area contributed by atoms with Crippen LogP contribution in [0.2, 0.25) is 0 Å². The van der Waals surface area contributed by atoms with Gasteiger partial charge in [-0.2, -0.15) is 0 Å². The Bertz CT molecular complexity index is 1170. The molecule has 0 spiro atoms. The predicted molar refractivity (Wildman–Crippen MR) is 120 cm³/mol. The molecule has 30 heavy (non-hydrogen) atoms. The number of piperidine rings is 1. The monoisotopic (exact) mass is 441 g/mol. The molecule has 0 N–H and O–H groups in total. The fraction of sp³-hybridized carbons (Fsp3) is 0.364. The minimum Gasteiger partial charge on any atom is -0.338 e. The summed E-state index contributed by atoms with van der Waals surface area (Å²) in [5.74, 6) is 0.364. The van der Waals surface area contributed by atoms with Gasteiger partial charge in [-0.15, -0.1) is 11.3 Å². The number of anilines is 1. The summed E-state index contributed by atoms with van der Waals surface area (Å²) in [6.45, 7) is 1.83. The Morgan fingerprint density at radius 1 is 1.07 bits per heavy atom. The predicted octanol–water partition coefficient (Wildman–Crippen LogP) is 3.86. The average molecular weight is 442 g/mol. The van der Waals surface area contributed by atoms with Crippen LogP contribution in [0.25, 0.3) is 10.2 Å². The van der Waals surface area contributed by atoms with Gasteiger partial charge in [0, 0.05) is 31.1 Å². The minimum atomic E-state index is -3.26. The summed E-state index contributed by atoms with van der Waals surface area (Å²) >= 11 is 1.71. The van der Waals surface area contributed by atoms with Crippen molar-refractivity contribution in [3.63, 3.8) is 0 Å². The van der Waals surface area contributed by atoms with Crippen molar-refractivity contribution in [1.82, 2.24) is 9.88 Å². The summed E-state index contributed by atoms with van der Waals surface area (Å²) in [6, 6.07) is 15.2. The van der Waals surface area contributed by atoms with E-state index in [0.29, 0.717) is 37.3 Å². The van der Waals surface area contributed by atoms with E-state index in [9.17, 15) is 13.2 Å². The van der Waals surface area contributed by atoms with E-state index in [2.05, 4.69) is 6.07 Å². The number of rotatable bonds is 3. The lowest BCUT2D eigenvalue weighted by Gasteiger charge is -2.32. The molecule has 2 aliphatic rings. The van der Waals surface area contributed by atoms with Crippen LogP contribution in [0.15, 0.2) is 48.5 Å². The summed E-state index contributed by atoms with van der Waals surface area (Å²) in [4.78, 5) is 19.9. The summed E-state index contributed by atoms with van der Waals surface area (Å²) < 4.78 is 27.1. The van der Waals surface area contributed by atoms with Crippen molar-refractivity contribution >= 4 is 43.2 Å². The molecule has 2 aromatic carbocycles. The summed E-state index contributed by atoms with van der Waals surface area (Å²) in [5, 5.41) is 1.09. The summed E-state index contributed by atoms with van der Waals surface area (Å²) in [6.07, 6.45) is 2.58. The van der Waals surface area contributed by atoms with Crippen LogP contribution in [-0.4, -0.2) is 49.6 Å². The second-order valence-electron chi connectivity index (χ2n) is 7.90. The number of hydrogen-bond acceptors (Lipinski definition) is 5. The van der Waals surface area contributed by atoms with E-state index in [0.717, 1.165) is 23.4 Å². The minimum absolute atomic E-state index is 0.0424. The molecule has 6 nitrogen and oxygen atoms in total. The Labute approximate surface area is 180 Å². The molecule has 2 saturated heterocycles. The molecular weight excluding hydrogens is 418 g/mol. The molecule has 3 heterocycles. The van der Waals surface area contributed by atoms with Crippen LogP contribution in [0.4, 0.5) is 5.69 Å². The molecule has 5 rings (SSSR count). The second kappa shape index (κ2) is 7.67. The number of fused-ring (bicyclic) bond motifs is 1. The molecule has 0 bridgehead atoms. The number of amides is 1. The van der Waals surface area contributed by atoms with Gasteiger partial charge in [-0.25, -0.2) is 13.4 Å². The van der Waals surface area contributed by atoms with E-state index < -0.39 is 10.0 Å². The first-order chi connectivity index (χ1) is 14.5. The molecule has 1 unspecified atom stereocenters. The van der Waals surface area contributed by atoms with Crippen molar-refractivity contribution in [3.8, 4) is 0 Å². The molecular formula is C22H23N3O3S2. The van der Waals surface area contributed by atoms with Gasteiger partial charge in [0.25, 0.3) is 5.91 Å². The first kappa shape index (κ1) is 19.5. The molecule has 1 atom stereocenters. The Morgan fingerprint density at radius 2 is 1.93 bits per heavy atom. The molecule has 0 saturated carbocycles. The normalized spacial score (nSPS) is 21.3. The quantitative estimate of drug-likeness (QED) is 0.619. The van der Waals surface area contributed by atoms with Gasteiger partial charge in [0.2, 0.25) is 10.0 Å². The van der Waals surface area contributed by atoms with E-state index in [-0.39, 0.29) is 17.6 Å². The van der Waals surface area contributed by atoms with Crippen molar-refractivity contribution in [3.05, 3.63) is 59.1 Å². The van der Waals surface area contributed by atoms with Crippen molar-refractivity contribution in [2.24, 2.45) is 0 Å². The Kier molecular flexibility index (Phi) is 4.99. The van der Waals surface area contributed by atoms with E-state index in [1.165, 1.54) is 9.01 Å². The number of carbonyl (C=O) groups is 1. The zero-order chi connectivity index (χ0) is 20.7. The molecule has 8 heteroatoms. The first-order valence-corrected chi connectivity index (χ1v) is 12.7. The highest BCUT2D eigenvalue weighted by Crippen LogP contribution is 2.33. The third kappa shape index (κ3) is 3.58. The molecule has 2 fully saturated rings. The summed E-state index contributed by atoms with van der Waals surface area (Å²) in [5.41, 5.74) is 2.14. The maximum Gasteiger partial charge on any atom is 0.253 e.